The molecule has 0 bridgehead atoms. The van der Waals surface area contributed by atoms with Gasteiger partial charge in [-0.15, -0.1) is 0 Å². The molecule has 0 saturated heterocycles. The van der Waals surface area contributed by atoms with Crippen molar-refractivity contribution >= 4 is 21.4 Å². The van der Waals surface area contributed by atoms with Crippen molar-refractivity contribution in [3.8, 4) is 22.4 Å². The Hall–Kier alpha value is -3.63. The first kappa shape index (κ1) is 18.7. The molecule has 2 heterocycles. The van der Waals surface area contributed by atoms with Crippen molar-refractivity contribution in [3.05, 3.63) is 77.1 Å². The minimum absolute atomic E-state index is 0.135. The summed E-state index contributed by atoms with van der Waals surface area (Å²) in [7, 11) is -2.29. The van der Waals surface area contributed by atoms with E-state index in [1.54, 1.807) is 36.4 Å². The van der Waals surface area contributed by atoms with Gasteiger partial charge in [-0.3, -0.25) is 10.1 Å². The number of nitrogens with one attached hydrogen (secondary N) is 1. The third kappa shape index (κ3) is 3.24. The Morgan fingerprint density at radius 1 is 1.07 bits per heavy atom. The van der Waals surface area contributed by atoms with Crippen molar-refractivity contribution in [2.45, 2.75) is 4.90 Å². The molecular weight excluding hydrogens is 394 g/mol. The molecular formula is C19H15N5O4S. The molecule has 4 rings (SSSR count). The number of hydrogen-bond donors (Lipinski definition) is 1. The molecule has 0 amide bonds. The quantitative estimate of drug-likeness (QED) is 0.400. The third-order valence-corrected chi connectivity index (χ3v) is 5.97. The normalized spacial score (nSPS) is 11.6. The number of nitro groups is 1. The van der Waals surface area contributed by atoms with Crippen molar-refractivity contribution in [2.75, 3.05) is 7.05 Å². The Balaban J connectivity index is 1.90. The lowest BCUT2D eigenvalue weighted by Crippen LogP contribution is -2.19. The van der Waals surface area contributed by atoms with Crippen molar-refractivity contribution in [2.24, 2.45) is 0 Å². The van der Waals surface area contributed by atoms with Gasteiger partial charge in [0.05, 0.1) is 15.5 Å². The van der Waals surface area contributed by atoms with Crippen LogP contribution in [-0.2, 0) is 10.0 Å². The van der Waals surface area contributed by atoms with Crippen LogP contribution in [0.2, 0.25) is 0 Å². The van der Waals surface area contributed by atoms with Crippen LogP contribution >= 0.6 is 0 Å². The molecule has 0 spiro atoms. The Morgan fingerprint density at radius 2 is 1.83 bits per heavy atom. The summed E-state index contributed by atoms with van der Waals surface area (Å²) in [5, 5.41) is 15.3. The topological polar surface area (TPSA) is 120 Å². The lowest BCUT2D eigenvalue weighted by atomic mass is 10.0. The first-order valence-corrected chi connectivity index (χ1v) is 10.0. The van der Waals surface area contributed by atoms with Gasteiger partial charge in [0.25, 0.3) is 0 Å². The number of aromatic nitrogens is 3. The predicted octanol–water partition coefficient (Wildman–Crippen LogP) is 2.88. The Morgan fingerprint density at radius 3 is 2.59 bits per heavy atom. The second kappa shape index (κ2) is 7.08. The van der Waals surface area contributed by atoms with Crippen LogP contribution in [0.1, 0.15) is 0 Å². The summed E-state index contributed by atoms with van der Waals surface area (Å²) in [6.07, 6.45) is 2.63. The fourth-order valence-corrected chi connectivity index (χ4v) is 4.08. The molecule has 0 saturated carbocycles. The van der Waals surface area contributed by atoms with Crippen LogP contribution in [0, 0.1) is 10.1 Å². The summed E-state index contributed by atoms with van der Waals surface area (Å²) >= 11 is 0. The average Bonchev–Trinajstić information content (AvgIpc) is 3.18. The number of sulfonamides is 1. The van der Waals surface area contributed by atoms with E-state index in [0.29, 0.717) is 22.4 Å². The monoisotopic (exact) mass is 409 g/mol. The lowest BCUT2D eigenvalue weighted by Gasteiger charge is -2.11. The maximum absolute atomic E-state index is 12.4. The van der Waals surface area contributed by atoms with Gasteiger partial charge in [-0.2, -0.15) is 5.10 Å². The summed E-state index contributed by atoms with van der Waals surface area (Å²) in [5.41, 5.74) is 2.48. The number of nitrogens with zero attached hydrogens (tertiary/aromatic N) is 4. The second-order valence-corrected chi connectivity index (χ2v) is 7.99. The zero-order valence-electron chi connectivity index (χ0n) is 15.2. The van der Waals surface area contributed by atoms with E-state index in [2.05, 4.69) is 14.8 Å². The summed E-state index contributed by atoms with van der Waals surface area (Å²) in [6.45, 7) is 0. The minimum Gasteiger partial charge on any atom is -0.258 e. The number of benzene rings is 2. The Kier molecular flexibility index (Phi) is 4.57. The average molecular weight is 409 g/mol. The van der Waals surface area contributed by atoms with Gasteiger partial charge in [-0.05, 0) is 30.8 Å². The van der Waals surface area contributed by atoms with Crippen molar-refractivity contribution in [3.63, 3.8) is 0 Å². The van der Waals surface area contributed by atoms with Gasteiger partial charge in [0.15, 0.2) is 0 Å². The maximum atomic E-state index is 12.4. The van der Waals surface area contributed by atoms with Crippen LogP contribution in [0.5, 0.6) is 0 Å². The molecule has 10 heteroatoms. The summed E-state index contributed by atoms with van der Waals surface area (Å²) in [4.78, 5) is 14.9. The fourth-order valence-electron chi connectivity index (χ4n) is 3.12. The molecule has 1 N–H and O–H groups in total. The van der Waals surface area contributed by atoms with Gasteiger partial charge >= 0.3 is 5.69 Å². The van der Waals surface area contributed by atoms with Gasteiger partial charge in [-0.25, -0.2) is 22.6 Å². The molecule has 29 heavy (non-hydrogen) atoms. The molecule has 0 radical (unpaired) electrons. The third-order valence-electron chi connectivity index (χ3n) is 4.49. The van der Waals surface area contributed by atoms with Gasteiger partial charge in [0, 0.05) is 17.3 Å². The zero-order chi connectivity index (χ0) is 20.6. The van der Waals surface area contributed by atoms with Gasteiger partial charge in [-0.1, -0.05) is 36.4 Å². The van der Waals surface area contributed by atoms with Gasteiger partial charge < -0.3 is 0 Å². The van der Waals surface area contributed by atoms with E-state index in [1.807, 2.05) is 12.1 Å². The maximum Gasteiger partial charge on any atom is 0.333 e. The summed E-state index contributed by atoms with van der Waals surface area (Å²) in [5.74, 6) is 0. The molecule has 0 aliphatic rings. The minimum atomic E-state index is -3.65. The highest BCUT2D eigenvalue weighted by atomic mass is 32.2. The molecule has 0 aliphatic heterocycles. The smallest absolute Gasteiger partial charge is 0.258 e. The highest BCUT2D eigenvalue weighted by molar-refractivity contribution is 7.89. The van der Waals surface area contributed by atoms with Gasteiger partial charge in [0.2, 0.25) is 15.7 Å². The van der Waals surface area contributed by atoms with Crippen LogP contribution in [0.15, 0.2) is 71.9 Å². The standard InChI is InChI=1S/C19H15N5O4S/c1-20-29(27,28)18-8-3-2-7-15(18)13-5-4-6-14(11-13)16-9-10-21-19-17(24(25)26)12-22-23(16)19/h2-12,20H,1H3. The molecule has 4 aromatic rings. The molecule has 2 aromatic carbocycles. The predicted molar refractivity (Wildman–Crippen MR) is 107 cm³/mol. The zero-order valence-corrected chi connectivity index (χ0v) is 16.0. The first-order chi connectivity index (χ1) is 13.9. The lowest BCUT2D eigenvalue weighted by molar-refractivity contribution is -0.383. The first-order valence-electron chi connectivity index (χ1n) is 8.53. The van der Waals surface area contributed by atoms with E-state index in [-0.39, 0.29) is 16.2 Å². The van der Waals surface area contributed by atoms with Gasteiger partial charge in [0.1, 0.15) is 6.20 Å². The Labute approximate surface area is 165 Å². The van der Waals surface area contributed by atoms with E-state index >= 15 is 0 Å². The van der Waals surface area contributed by atoms with Crippen molar-refractivity contribution < 1.29 is 13.3 Å². The molecule has 0 unspecified atom stereocenters. The van der Waals surface area contributed by atoms with E-state index in [0.717, 1.165) is 6.20 Å². The molecule has 146 valence electrons. The van der Waals surface area contributed by atoms with Crippen molar-refractivity contribution in [1.29, 1.82) is 0 Å². The van der Waals surface area contributed by atoms with E-state index < -0.39 is 14.9 Å². The van der Waals surface area contributed by atoms with Crippen LogP contribution in [0.4, 0.5) is 5.69 Å². The molecule has 9 nitrogen and oxygen atoms in total. The molecule has 0 atom stereocenters. The molecule has 0 fully saturated rings. The number of fused-ring (bicyclic) bond motifs is 1. The number of rotatable bonds is 5. The highest BCUT2D eigenvalue weighted by Crippen LogP contribution is 2.31. The SMILES string of the molecule is CNS(=O)(=O)c1ccccc1-c1cccc(-c2ccnc3c([N+](=O)[O-])cnn23)c1. The fraction of sp³-hybridized carbons (Fsp3) is 0.0526. The highest BCUT2D eigenvalue weighted by Gasteiger charge is 2.20. The Bertz CT molecular complexity index is 1350. The van der Waals surface area contributed by atoms with E-state index in [4.69, 9.17) is 0 Å². The van der Waals surface area contributed by atoms with E-state index in [1.165, 1.54) is 23.8 Å². The van der Waals surface area contributed by atoms with E-state index in [9.17, 15) is 18.5 Å². The van der Waals surface area contributed by atoms with Crippen molar-refractivity contribution in [1.82, 2.24) is 19.3 Å². The summed E-state index contributed by atoms with van der Waals surface area (Å²) in [6, 6.07) is 15.6. The largest absolute Gasteiger partial charge is 0.333 e. The number of hydrogen-bond acceptors (Lipinski definition) is 6. The van der Waals surface area contributed by atoms with Crippen LogP contribution in [0.25, 0.3) is 28.0 Å². The van der Waals surface area contributed by atoms with Crippen LogP contribution in [-0.4, -0.2) is 35.0 Å². The molecule has 0 aliphatic carbocycles. The second-order valence-electron chi connectivity index (χ2n) is 6.14. The summed E-state index contributed by atoms with van der Waals surface area (Å²) < 4.78 is 28.5. The van der Waals surface area contributed by atoms with Crippen LogP contribution < -0.4 is 4.72 Å². The molecule has 2 aromatic heterocycles. The van der Waals surface area contributed by atoms with Crippen LogP contribution in [0.3, 0.4) is 0 Å².